The lowest BCUT2D eigenvalue weighted by Gasteiger charge is -2.24. The molecule has 2 saturated heterocycles. The molecule has 0 bridgehead atoms. The number of anilines is 1. The fraction of sp³-hybridized carbons (Fsp3) is 0.350. The lowest BCUT2D eigenvalue weighted by Crippen LogP contribution is -2.29. The third-order valence-corrected chi connectivity index (χ3v) is 5.63. The van der Waals surface area contributed by atoms with Gasteiger partial charge in [-0.05, 0) is 36.1 Å². The smallest absolute Gasteiger partial charge is 0.223 e. The van der Waals surface area contributed by atoms with Crippen LogP contribution in [0.4, 0.5) is 5.95 Å². The molecular formula is C20H20N6O. The molecule has 0 saturated carbocycles. The third kappa shape index (κ3) is 2.62. The van der Waals surface area contributed by atoms with Gasteiger partial charge in [0.05, 0.1) is 11.7 Å². The Morgan fingerprint density at radius 2 is 2.11 bits per heavy atom. The Morgan fingerprint density at radius 3 is 3.04 bits per heavy atom. The lowest BCUT2D eigenvalue weighted by atomic mass is 9.92. The topological polar surface area (TPSA) is 86.3 Å². The molecule has 3 aromatic heterocycles. The maximum atomic E-state index is 5.43. The molecular weight excluding hydrogens is 340 g/mol. The molecule has 1 unspecified atom stereocenters. The number of pyridine rings is 1. The van der Waals surface area contributed by atoms with Crippen molar-refractivity contribution < 1.29 is 4.74 Å². The molecule has 0 amide bonds. The monoisotopic (exact) mass is 360 g/mol. The zero-order valence-corrected chi connectivity index (χ0v) is 14.8. The van der Waals surface area contributed by atoms with Gasteiger partial charge in [-0.3, -0.25) is 5.32 Å². The minimum absolute atomic E-state index is 0.305. The molecule has 1 aliphatic carbocycles. The van der Waals surface area contributed by atoms with E-state index in [1.165, 1.54) is 5.57 Å². The Kier molecular flexibility index (Phi) is 3.33. The van der Waals surface area contributed by atoms with Crippen LogP contribution in [0.25, 0.3) is 11.2 Å². The summed E-state index contributed by atoms with van der Waals surface area (Å²) < 4.78 is 7.48. The van der Waals surface area contributed by atoms with Gasteiger partial charge in [-0.25, -0.2) is 15.0 Å². The quantitative estimate of drug-likeness (QED) is 0.696. The van der Waals surface area contributed by atoms with E-state index in [9.17, 15) is 0 Å². The molecule has 7 nitrogen and oxygen atoms in total. The Morgan fingerprint density at radius 1 is 1.19 bits per heavy atom. The molecule has 0 aromatic carbocycles. The molecule has 3 aliphatic rings. The number of nitrogens with one attached hydrogen (secondary N) is 2. The first-order chi connectivity index (χ1) is 13.3. The van der Waals surface area contributed by atoms with Gasteiger partial charge in [0.15, 0.2) is 0 Å². The highest BCUT2D eigenvalue weighted by Crippen LogP contribution is 2.42. The zero-order valence-electron chi connectivity index (χ0n) is 14.8. The molecule has 0 radical (unpaired) electrons. The Bertz CT molecular complexity index is 1050. The first-order valence-corrected chi connectivity index (χ1v) is 9.48. The van der Waals surface area contributed by atoms with Gasteiger partial charge in [-0.2, -0.15) is 0 Å². The highest BCUT2D eigenvalue weighted by Gasteiger charge is 2.43. The maximum absolute atomic E-state index is 5.43. The van der Waals surface area contributed by atoms with Crippen LogP contribution in [-0.2, 0) is 4.74 Å². The molecule has 136 valence electrons. The Hall–Kier alpha value is -2.77. The van der Waals surface area contributed by atoms with Crippen LogP contribution in [0.3, 0.4) is 0 Å². The molecule has 27 heavy (non-hydrogen) atoms. The molecule has 7 heteroatoms. The molecule has 0 spiro atoms. The van der Waals surface area contributed by atoms with Crippen LogP contribution >= 0.6 is 0 Å². The minimum atomic E-state index is 0.305. The summed E-state index contributed by atoms with van der Waals surface area (Å²) in [5.74, 6) is 0.722. The van der Waals surface area contributed by atoms with Gasteiger partial charge in [0.25, 0.3) is 0 Å². The fourth-order valence-electron chi connectivity index (χ4n) is 4.08. The molecule has 2 atom stereocenters. The normalized spacial score (nSPS) is 24.2. The summed E-state index contributed by atoms with van der Waals surface area (Å²) in [6, 6.07) is 5.22. The van der Waals surface area contributed by atoms with Crippen molar-refractivity contribution in [3.8, 4) is 0 Å². The molecule has 2 N–H and O–H groups in total. The minimum Gasteiger partial charge on any atom is -0.381 e. The number of hydrogen-bond acceptors (Lipinski definition) is 6. The SMILES string of the molecule is C1=C(c2ccc3nccn3c2)c2cnc(NC3CCOCC3)nc2C2N[C@@H]12. The number of nitrogens with zero attached hydrogens (tertiary/aromatic N) is 4. The summed E-state index contributed by atoms with van der Waals surface area (Å²) in [6.45, 7) is 1.61. The van der Waals surface area contributed by atoms with Gasteiger partial charge >= 0.3 is 0 Å². The fourth-order valence-corrected chi connectivity index (χ4v) is 4.08. The van der Waals surface area contributed by atoms with E-state index in [0.29, 0.717) is 18.1 Å². The van der Waals surface area contributed by atoms with E-state index in [-0.39, 0.29) is 0 Å². The number of rotatable bonds is 3. The van der Waals surface area contributed by atoms with Crippen LogP contribution < -0.4 is 10.6 Å². The summed E-state index contributed by atoms with van der Waals surface area (Å²) in [5, 5.41) is 7.00. The molecule has 2 aliphatic heterocycles. The highest BCUT2D eigenvalue weighted by atomic mass is 16.5. The third-order valence-electron chi connectivity index (χ3n) is 5.63. The van der Waals surface area contributed by atoms with Crippen molar-refractivity contribution in [1.82, 2.24) is 24.7 Å². The van der Waals surface area contributed by atoms with E-state index in [4.69, 9.17) is 9.72 Å². The molecule has 5 heterocycles. The van der Waals surface area contributed by atoms with Gasteiger partial charge < -0.3 is 14.5 Å². The van der Waals surface area contributed by atoms with E-state index < -0.39 is 0 Å². The average Bonchev–Trinajstić information content (AvgIpc) is 3.35. The van der Waals surface area contributed by atoms with Crippen LogP contribution in [-0.4, -0.2) is 44.7 Å². The van der Waals surface area contributed by atoms with Crippen LogP contribution in [0.5, 0.6) is 0 Å². The van der Waals surface area contributed by atoms with Crippen molar-refractivity contribution in [2.45, 2.75) is 31.0 Å². The zero-order chi connectivity index (χ0) is 17.8. The lowest BCUT2D eigenvalue weighted by molar-refractivity contribution is 0.0903. The second kappa shape index (κ2) is 5.87. The predicted molar refractivity (Wildman–Crippen MR) is 101 cm³/mol. The van der Waals surface area contributed by atoms with Crippen molar-refractivity contribution >= 4 is 17.2 Å². The van der Waals surface area contributed by atoms with E-state index >= 15 is 0 Å². The summed E-state index contributed by atoms with van der Waals surface area (Å²) in [4.78, 5) is 13.8. The number of ether oxygens (including phenoxy) is 1. The van der Waals surface area contributed by atoms with Crippen LogP contribution in [0.2, 0.25) is 0 Å². The van der Waals surface area contributed by atoms with Crippen molar-refractivity contribution in [2.75, 3.05) is 18.5 Å². The second-order valence-electron chi connectivity index (χ2n) is 7.38. The van der Waals surface area contributed by atoms with Gasteiger partial charge in [-0.1, -0.05) is 6.08 Å². The summed E-state index contributed by atoms with van der Waals surface area (Å²) in [6.07, 6.45) is 12.2. The van der Waals surface area contributed by atoms with Crippen LogP contribution in [0.1, 0.15) is 35.7 Å². The van der Waals surface area contributed by atoms with Crippen molar-refractivity contribution in [1.29, 1.82) is 0 Å². The highest BCUT2D eigenvalue weighted by molar-refractivity contribution is 5.84. The van der Waals surface area contributed by atoms with Crippen molar-refractivity contribution in [3.63, 3.8) is 0 Å². The van der Waals surface area contributed by atoms with E-state index in [1.54, 1.807) is 0 Å². The summed E-state index contributed by atoms with van der Waals surface area (Å²) in [5.41, 5.74) is 5.49. The van der Waals surface area contributed by atoms with Gasteiger partial charge in [0, 0.05) is 55.6 Å². The van der Waals surface area contributed by atoms with Gasteiger partial charge in [0.1, 0.15) is 5.65 Å². The average molecular weight is 360 g/mol. The number of fused-ring (bicyclic) bond motifs is 4. The Labute approximate surface area is 156 Å². The van der Waals surface area contributed by atoms with Crippen molar-refractivity contribution in [2.24, 2.45) is 0 Å². The van der Waals surface area contributed by atoms with Gasteiger partial charge in [-0.15, -0.1) is 0 Å². The van der Waals surface area contributed by atoms with E-state index in [0.717, 1.165) is 54.5 Å². The van der Waals surface area contributed by atoms with Gasteiger partial charge in [0.2, 0.25) is 5.95 Å². The van der Waals surface area contributed by atoms with Crippen LogP contribution in [0.15, 0.2) is 43.0 Å². The molecule has 2 fully saturated rings. The largest absolute Gasteiger partial charge is 0.381 e. The summed E-state index contributed by atoms with van der Waals surface area (Å²) >= 11 is 0. The second-order valence-corrected chi connectivity index (χ2v) is 7.38. The Balaban J connectivity index is 1.36. The van der Waals surface area contributed by atoms with Crippen LogP contribution in [0, 0.1) is 0 Å². The molecule has 3 aromatic rings. The maximum Gasteiger partial charge on any atom is 0.223 e. The summed E-state index contributed by atoms with van der Waals surface area (Å²) in [7, 11) is 0. The van der Waals surface area contributed by atoms with E-state index in [1.807, 2.05) is 29.1 Å². The van der Waals surface area contributed by atoms with Crippen molar-refractivity contribution in [3.05, 3.63) is 59.8 Å². The number of imidazole rings is 1. The number of aromatic nitrogens is 4. The first kappa shape index (κ1) is 15.3. The standard InChI is InChI=1S/C20H20N6O/c1-2-17-21-5-6-26(17)11-12(1)14-9-16-19(24-16)18-15(14)10-22-20(25-18)23-13-3-7-27-8-4-13/h1-2,5-6,9-11,13,16,19,24H,3-4,7-8H2,(H,22,23,25)/t16-,19?/m0/s1. The first-order valence-electron chi connectivity index (χ1n) is 9.48. The molecule has 6 rings (SSSR count). The van der Waals surface area contributed by atoms with E-state index in [2.05, 4.69) is 38.9 Å². The predicted octanol–water partition coefficient (Wildman–Crippen LogP) is 2.17. The number of hydrogen-bond donors (Lipinski definition) is 2.